The van der Waals surface area contributed by atoms with Gasteiger partial charge >= 0.3 is 12.1 Å². The van der Waals surface area contributed by atoms with Crippen molar-refractivity contribution in [3.63, 3.8) is 0 Å². The maximum atomic E-state index is 12.3. The Bertz CT molecular complexity index is 412. The topological polar surface area (TPSA) is 43.4 Å². The molecule has 0 N–H and O–H groups in total. The van der Waals surface area contributed by atoms with Gasteiger partial charge in [0.25, 0.3) is 6.10 Å². The predicted molar refractivity (Wildman–Crippen MR) is 52.4 cm³/mol. The highest BCUT2D eigenvalue weighted by Gasteiger charge is 2.46. The van der Waals surface area contributed by atoms with Crippen molar-refractivity contribution in [2.75, 3.05) is 0 Å². The summed E-state index contributed by atoms with van der Waals surface area (Å²) in [6, 6.07) is 7.16. The van der Waals surface area contributed by atoms with E-state index in [1.807, 2.05) is 0 Å². The van der Waals surface area contributed by atoms with Crippen LogP contribution in [-0.4, -0.2) is 24.0 Å². The molecule has 0 spiro atoms. The van der Waals surface area contributed by atoms with Crippen LogP contribution in [0.2, 0.25) is 0 Å². The minimum atomic E-state index is -4.89. The lowest BCUT2D eigenvalue weighted by Gasteiger charge is -2.17. The first-order chi connectivity index (χ1) is 7.82. The summed E-state index contributed by atoms with van der Waals surface area (Å²) >= 11 is 0. The Balaban J connectivity index is 2.83. The molecule has 0 fully saturated rings. The average molecular weight is 246 g/mol. The van der Waals surface area contributed by atoms with Crippen LogP contribution in [0.25, 0.3) is 0 Å². The van der Waals surface area contributed by atoms with Crippen LogP contribution >= 0.6 is 0 Å². The van der Waals surface area contributed by atoms with Gasteiger partial charge in [-0.15, -0.1) is 0 Å². The summed E-state index contributed by atoms with van der Waals surface area (Å²) in [6.07, 6.45) is -7.61. The Morgan fingerprint density at radius 1 is 1.18 bits per heavy atom. The highest BCUT2D eigenvalue weighted by molar-refractivity contribution is 5.92. The van der Waals surface area contributed by atoms with Crippen LogP contribution < -0.4 is 0 Å². The lowest BCUT2D eigenvalue weighted by atomic mass is 10.2. The third kappa shape index (κ3) is 3.58. The average Bonchev–Trinajstić information content (AvgIpc) is 2.24. The summed E-state index contributed by atoms with van der Waals surface area (Å²) in [5, 5.41) is 0. The second-order valence-corrected chi connectivity index (χ2v) is 3.30. The molecule has 0 saturated carbocycles. The summed E-state index contributed by atoms with van der Waals surface area (Å²) in [6.45, 7) is 0.719. The highest BCUT2D eigenvalue weighted by atomic mass is 19.4. The molecule has 0 aliphatic heterocycles. The van der Waals surface area contributed by atoms with Crippen LogP contribution in [0, 0.1) is 0 Å². The van der Waals surface area contributed by atoms with Gasteiger partial charge in [0.05, 0.1) is 5.56 Å². The summed E-state index contributed by atoms with van der Waals surface area (Å²) < 4.78 is 41.2. The molecular weight excluding hydrogens is 237 g/mol. The number of alkyl halides is 3. The summed E-state index contributed by atoms with van der Waals surface area (Å²) in [4.78, 5) is 22.1. The molecule has 6 heteroatoms. The number of rotatable bonds is 3. The van der Waals surface area contributed by atoms with E-state index in [0.717, 1.165) is 6.92 Å². The SMILES string of the molecule is CC(=O)C(OC(=O)c1ccccc1)C(F)(F)F. The van der Waals surface area contributed by atoms with Crippen molar-refractivity contribution in [1.29, 1.82) is 0 Å². The van der Waals surface area contributed by atoms with Gasteiger partial charge in [-0.1, -0.05) is 18.2 Å². The van der Waals surface area contributed by atoms with E-state index in [1.165, 1.54) is 24.3 Å². The van der Waals surface area contributed by atoms with E-state index in [1.54, 1.807) is 6.07 Å². The number of carbonyl (C=O) groups is 2. The zero-order chi connectivity index (χ0) is 13.1. The first kappa shape index (κ1) is 13.2. The first-order valence-corrected chi connectivity index (χ1v) is 4.65. The number of esters is 1. The Labute approximate surface area is 95.2 Å². The molecule has 0 aromatic heterocycles. The van der Waals surface area contributed by atoms with Gasteiger partial charge in [-0.3, -0.25) is 4.79 Å². The maximum absolute atomic E-state index is 12.3. The number of carbonyl (C=O) groups excluding carboxylic acids is 2. The standard InChI is InChI=1S/C11H9F3O3/c1-7(15)9(11(12,13)14)17-10(16)8-5-3-2-4-6-8/h2-6,9H,1H3. The van der Waals surface area contributed by atoms with Crippen LogP contribution in [0.3, 0.4) is 0 Å². The van der Waals surface area contributed by atoms with Crippen molar-refractivity contribution >= 4 is 11.8 Å². The van der Waals surface area contributed by atoms with E-state index in [-0.39, 0.29) is 5.56 Å². The van der Waals surface area contributed by atoms with Gasteiger partial charge in [-0.2, -0.15) is 13.2 Å². The smallest absolute Gasteiger partial charge is 0.432 e. The lowest BCUT2D eigenvalue weighted by molar-refractivity contribution is -0.203. The molecule has 1 aromatic rings. The van der Waals surface area contributed by atoms with E-state index in [2.05, 4.69) is 4.74 Å². The van der Waals surface area contributed by atoms with Crippen molar-refractivity contribution in [3.05, 3.63) is 35.9 Å². The molecule has 0 radical (unpaired) electrons. The molecule has 0 saturated heterocycles. The predicted octanol–water partition coefficient (Wildman–Crippen LogP) is 2.36. The molecule has 0 bridgehead atoms. The summed E-state index contributed by atoms with van der Waals surface area (Å²) in [7, 11) is 0. The molecule has 0 aliphatic carbocycles. The Morgan fingerprint density at radius 2 is 1.71 bits per heavy atom. The third-order valence-electron chi connectivity index (χ3n) is 1.90. The van der Waals surface area contributed by atoms with Crippen molar-refractivity contribution in [2.24, 2.45) is 0 Å². The minimum absolute atomic E-state index is 0.0389. The molecule has 1 atom stereocenters. The number of hydrogen-bond acceptors (Lipinski definition) is 3. The molecule has 0 amide bonds. The normalized spacial score (nSPS) is 12.9. The summed E-state index contributed by atoms with van der Waals surface area (Å²) in [5.41, 5.74) is -0.0389. The molecule has 0 aliphatic rings. The quantitative estimate of drug-likeness (QED) is 0.769. The van der Waals surface area contributed by atoms with Crippen molar-refractivity contribution in [2.45, 2.75) is 19.2 Å². The number of Topliss-reactive ketones (excluding diaryl/α,β-unsaturated/α-hetero) is 1. The van der Waals surface area contributed by atoms with E-state index in [0.29, 0.717) is 0 Å². The minimum Gasteiger partial charge on any atom is -0.441 e. The molecule has 0 heterocycles. The number of ketones is 1. The van der Waals surface area contributed by atoms with Crippen LogP contribution in [0.4, 0.5) is 13.2 Å². The monoisotopic (exact) mass is 246 g/mol. The van der Waals surface area contributed by atoms with Crippen LogP contribution in [0.5, 0.6) is 0 Å². The van der Waals surface area contributed by atoms with Crippen molar-refractivity contribution in [1.82, 2.24) is 0 Å². The second kappa shape index (κ2) is 4.99. The molecule has 92 valence electrons. The Hall–Kier alpha value is -1.85. The number of halogens is 3. The second-order valence-electron chi connectivity index (χ2n) is 3.30. The zero-order valence-electron chi connectivity index (χ0n) is 8.82. The Kier molecular flexibility index (Phi) is 3.88. The molecular formula is C11H9F3O3. The van der Waals surface area contributed by atoms with Crippen LogP contribution in [-0.2, 0) is 9.53 Å². The molecule has 1 rings (SSSR count). The van der Waals surface area contributed by atoms with Gasteiger partial charge in [-0.25, -0.2) is 4.79 Å². The van der Waals surface area contributed by atoms with E-state index in [4.69, 9.17) is 0 Å². The van der Waals surface area contributed by atoms with Gasteiger partial charge in [-0.05, 0) is 19.1 Å². The van der Waals surface area contributed by atoms with E-state index < -0.39 is 24.0 Å². The van der Waals surface area contributed by atoms with Gasteiger partial charge < -0.3 is 4.74 Å². The van der Waals surface area contributed by atoms with Gasteiger partial charge in [0.1, 0.15) is 0 Å². The Morgan fingerprint density at radius 3 is 2.12 bits per heavy atom. The van der Waals surface area contributed by atoms with E-state index in [9.17, 15) is 22.8 Å². The fourth-order valence-corrected chi connectivity index (χ4v) is 1.13. The molecule has 1 unspecified atom stereocenters. The van der Waals surface area contributed by atoms with Gasteiger partial charge in [0, 0.05) is 0 Å². The first-order valence-electron chi connectivity index (χ1n) is 4.65. The summed E-state index contributed by atoms with van der Waals surface area (Å²) in [5.74, 6) is -2.44. The number of benzene rings is 1. The van der Waals surface area contributed by atoms with Gasteiger partial charge in [0.2, 0.25) is 0 Å². The molecule has 3 nitrogen and oxygen atoms in total. The molecule has 17 heavy (non-hydrogen) atoms. The molecule has 1 aromatic carbocycles. The fraction of sp³-hybridized carbons (Fsp3) is 0.273. The zero-order valence-corrected chi connectivity index (χ0v) is 8.82. The van der Waals surface area contributed by atoms with E-state index >= 15 is 0 Å². The number of hydrogen-bond donors (Lipinski definition) is 0. The highest BCUT2D eigenvalue weighted by Crippen LogP contribution is 2.24. The van der Waals surface area contributed by atoms with Crippen molar-refractivity contribution < 1.29 is 27.5 Å². The largest absolute Gasteiger partial charge is 0.441 e. The van der Waals surface area contributed by atoms with Crippen LogP contribution in [0.15, 0.2) is 30.3 Å². The lowest BCUT2D eigenvalue weighted by Crippen LogP contribution is -2.39. The fourth-order valence-electron chi connectivity index (χ4n) is 1.13. The van der Waals surface area contributed by atoms with Crippen molar-refractivity contribution in [3.8, 4) is 0 Å². The number of ether oxygens (including phenoxy) is 1. The third-order valence-corrected chi connectivity index (χ3v) is 1.90. The van der Waals surface area contributed by atoms with Crippen LogP contribution in [0.1, 0.15) is 17.3 Å². The van der Waals surface area contributed by atoms with Gasteiger partial charge in [0.15, 0.2) is 5.78 Å². The maximum Gasteiger partial charge on any atom is 0.432 e.